The predicted molar refractivity (Wildman–Crippen MR) is 62.6 cm³/mol. The van der Waals surface area contributed by atoms with Crippen LogP contribution in [0.4, 0.5) is 0 Å². The molecule has 1 heterocycles. The first-order chi connectivity index (χ1) is 6.59. The first-order valence-electron chi connectivity index (χ1n) is 4.38. The van der Waals surface area contributed by atoms with Gasteiger partial charge in [-0.15, -0.1) is 0 Å². The monoisotopic (exact) mass is 304 g/mol. The molecule has 0 bridgehead atoms. The summed E-state index contributed by atoms with van der Waals surface area (Å²) in [5.74, 6) is 0. The Labute approximate surface area is 97.4 Å². The number of nitrogens with one attached hydrogen (secondary N) is 1. The average molecular weight is 304 g/mol. The molecule has 1 aromatic heterocycles. The van der Waals surface area contributed by atoms with Gasteiger partial charge < -0.3 is 5.32 Å². The van der Waals surface area contributed by atoms with Gasteiger partial charge in [-0.25, -0.2) is 0 Å². The van der Waals surface area contributed by atoms with Crippen LogP contribution in [0.15, 0.2) is 12.4 Å². The van der Waals surface area contributed by atoms with E-state index in [9.17, 15) is 0 Å². The number of nitrogens with zero attached hydrogens (tertiary/aromatic N) is 3. The molecular weight excluding hydrogens is 291 g/mol. The molecular formula is C9H13IN4. The topological polar surface area (TPSA) is 53.6 Å². The lowest BCUT2D eigenvalue weighted by atomic mass is 10.0. The molecule has 1 aromatic rings. The van der Waals surface area contributed by atoms with Gasteiger partial charge in [-0.2, -0.15) is 10.4 Å². The molecule has 0 aliphatic rings. The van der Waals surface area contributed by atoms with Crippen LogP contribution in [-0.2, 0) is 6.54 Å². The minimum atomic E-state index is -0.461. The van der Waals surface area contributed by atoms with Crippen LogP contribution in [0, 0.1) is 14.9 Å². The molecule has 0 fully saturated rings. The largest absolute Gasteiger partial charge is 0.303 e. The lowest BCUT2D eigenvalue weighted by Gasteiger charge is -2.20. The summed E-state index contributed by atoms with van der Waals surface area (Å²) in [5.41, 5.74) is -0.461. The van der Waals surface area contributed by atoms with Gasteiger partial charge in [-0.1, -0.05) is 0 Å². The number of rotatable bonds is 4. The zero-order valence-corrected chi connectivity index (χ0v) is 10.4. The molecule has 0 amide bonds. The van der Waals surface area contributed by atoms with E-state index in [-0.39, 0.29) is 0 Å². The van der Waals surface area contributed by atoms with Crippen molar-refractivity contribution in [3.05, 3.63) is 16.0 Å². The molecule has 1 rings (SSSR count). The summed E-state index contributed by atoms with van der Waals surface area (Å²) in [7, 11) is 1.80. The molecule has 76 valence electrons. The van der Waals surface area contributed by atoms with Crippen LogP contribution < -0.4 is 5.32 Å². The Morgan fingerprint density at radius 2 is 2.50 bits per heavy atom. The number of nitriles is 1. The molecule has 0 radical (unpaired) electrons. The Morgan fingerprint density at radius 3 is 2.93 bits per heavy atom. The molecule has 0 aromatic carbocycles. The van der Waals surface area contributed by atoms with Crippen molar-refractivity contribution in [2.24, 2.45) is 0 Å². The second-order valence-corrected chi connectivity index (χ2v) is 4.61. The minimum absolute atomic E-state index is 0.461. The summed E-state index contributed by atoms with van der Waals surface area (Å²) >= 11 is 2.22. The van der Waals surface area contributed by atoms with Crippen molar-refractivity contribution in [1.29, 1.82) is 5.26 Å². The third-order valence-corrected chi connectivity index (χ3v) is 2.80. The summed E-state index contributed by atoms with van der Waals surface area (Å²) in [6, 6.07) is 2.25. The Bertz CT molecular complexity index is 341. The number of halogens is 1. The molecule has 5 heteroatoms. The number of aromatic nitrogens is 2. The van der Waals surface area contributed by atoms with Crippen molar-refractivity contribution in [3.8, 4) is 6.07 Å². The SMILES string of the molecule is CNC(C)(C#N)CCn1cc(I)cn1. The molecule has 14 heavy (non-hydrogen) atoms. The Morgan fingerprint density at radius 1 is 1.79 bits per heavy atom. The van der Waals surface area contributed by atoms with Crippen LogP contribution in [0.3, 0.4) is 0 Å². The minimum Gasteiger partial charge on any atom is -0.303 e. The zero-order valence-electron chi connectivity index (χ0n) is 8.29. The molecule has 0 aliphatic carbocycles. The van der Waals surface area contributed by atoms with Crippen LogP contribution in [0.5, 0.6) is 0 Å². The molecule has 4 nitrogen and oxygen atoms in total. The Balaban J connectivity index is 2.52. The van der Waals surface area contributed by atoms with E-state index in [1.54, 1.807) is 7.05 Å². The molecule has 0 spiro atoms. The predicted octanol–water partition coefficient (Wildman–Crippen LogP) is 1.38. The van der Waals surface area contributed by atoms with Crippen molar-refractivity contribution < 1.29 is 0 Å². The fraction of sp³-hybridized carbons (Fsp3) is 0.556. The third kappa shape index (κ3) is 2.96. The summed E-state index contributed by atoms with van der Waals surface area (Å²) in [4.78, 5) is 0. The fourth-order valence-electron chi connectivity index (χ4n) is 1.04. The molecule has 0 aliphatic heterocycles. The maximum absolute atomic E-state index is 8.92. The van der Waals surface area contributed by atoms with Crippen molar-refractivity contribution in [2.45, 2.75) is 25.4 Å². The van der Waals surface area contributed by atoms with Gasteiger partial charge in [0, 0.05) is 12.7 Å². The van der Waals surface area contributed by atoms with E-state index in [1.165, 1.54) is 0 Å². The lowest BCUT2D eigenvalue weighted by molar-refractivity contribution is 0.408. The van der Waals surface area contributed by atoms with Gasteiger partial charge in [0.15, 0.2) is 0 Å². The summed E-state index contributed by atoms with van der Waals surface area (Å²) < 4.78 is 2.97. The molecule has 1 atom stereocenters. The summed E-state index contributed by atoms with van der Waals surface area (Å²) in [6.45, 7) is 2.65. The third-order valence-electron chi connectivity index (χ3n) is 2.24. The Kier molecular flexibility index (Phi) is 3.89. The van der Waals surface area contributed by atoms with E-state index in [1.807, 2.05) is 24.0 Å². The normalized spacial score (nSPS) is 14.7. The van der Waals surface area contributed by atoms with E-state index in [4.69, 9.17) is 5.26 Å². The van der Waals surface area contributed by atoms with Crippen molar-refractivity contribution >= 4 is 22.6 Å². The van der Waals surface area contributed by atoms with Gasteiger partial charge in [-0.05, 0) is 43.0 Å². The van der Waals surface area contributed by atoms with Gasteiger partial charge in [0.05, 0.1) is 15.8 Å². The first kappa shape index (κ1) is 11.5. The number of hydrogen-bond donors (Lipinski definition) is 1. The highest BCUT2D eigenvalue weighted by Gasteiger charge is 2.20. The lowest BCUT2D eigenvalue weighted by Crippen LogP contribution is -2.39. The quantitative estimate of drug-likeness (QED) is 0.855. The van der Waals surface area contributed by atoms with Crippen LogP contribution in [0.1, 0.15) is 13.3 Å². The number of aryl methyl sites for hydroxylation is 1. The van der Waals surface area contributed by atoms with Crippen LogP contribution in [-0.4, -0.2) is 22.4 Å². The fourth-order valence-corrected chi connectivity index (χ4v) is 1.48. The highest BCUT2D eigenvalue weighted by molar-refractivity contribution is 14.1. The van der Waals surface area contributed by atoms with Crippen molar-refractivity contribution in [2.75, 3.05) is 7.05 Å². The van der Waals surface area contributed by atoms with E-state index >= 15 is 0 Å². The molecule has 0 saturated heterocycles. The van der Waals surface area contributed by atoms with E-state index in [2.05, 4.69) is 39.1 Å². The highest BCUT2D eigenvalue weighted by atomic mass is 127. The smallest absolute Gasteiger partial charge is 0.105 e. The summed E-state index contributed by atoms with van der Waals surface area (Å²) in [5, 5.41) is 16.1. The summed E-state index contributed by atoms with van der Waals surface area (Å²) in [6.07, 6.45) is 4.52. The van der Waals surface area contributed by atoms with Gasteiger partial charge >= 0.3 is 0 Å². The van der Waals surface area contributed by atoms with Gasteiger partial charge in [0.1, 0.15) is 5.54 Å². The second-order valence-electron chi connectivity index (χ2n) is 3.37. The molecule has 0 saturated carbocycles. The zero-order chi connectivity index (χ0) is 10.6. The van der Waals surface area contributed by atoms with Gasteiger partial charge in [0.25, 0.3) is 0 Å². The maximum Gasteiger partial charge on any atom is 0.105 e. The van der Waals surface area contributed by atoms with Crippen molar-refractivity contribution in [3.63, 3.8) is 0 Å². The van der Waals surface area contributed by atoms with E-state index in [0.29, 0.717) is 0 Å². The van der Waals surface area contributed by atoms with E-state index in [0.717, 1.165) is 16.5 Å². The van der Waals surface area contributed by atoms with Crippen LogP contribution in [0.2, 0.25) is 0 Å². The Hall–Kier alpha value is -0.610. The molecule has 1 unspecified atom stereocenters. The maximum atomic E-state index is 8.92. The van der Waals surface area contributed by atoms with Gasteiger partial charge in [0.2, 0.25) is 0 Å². The standard InChI is InChI=1S/C9H13IN4/c1-9(7-11,12-2)3-4-14-6-8(10)5-13-14/h5-6,12H,3-4H2,1-2H3. The van der Waals surface area contributed by atoms with E-state index < -0.39 is 5.54 Å². The second kappa shape index (κ2) is 4.75. The highest BCUT2D eigenvalue weighted by Crippen LogP contribution is 2.09. The van der Waals surface area contributed by atoms with Crippen molar-refractivity contribution in [1.82, 2.24) is 15.1 Å². The average Bonchev–Trinajstić information content (AvgIpc) is 2.61. The van der Waals surface area contributed by atoms with Crippen LogP contribution >= 0.6 is 22.6 Å². The first-order valence-corrected chi connectivity index (χ1v) is 5.45. The van der Waals surface area contributed by atoms with Crippen LogP contribution in [0.25, 0.3) is 0 Å². The number of hydrogen-bond acceptors (Lipinski definition) is 3. The van der Waals surface area contributed by atoms with Gasteiger partial charge in [-0.3, -0.25) is 4.68 Å². The molecule has 1 N–H and O–H groups in total.